The quantitative estimate of drug-likeness (QED) is 0.399. The second kappa shape index (κ2) is 7.41. The molecular formula is C22H20N4O. The van der Waals surface area contributed by atoms with Crippen molar-refractivity contribution in [3.05, 3.63) is 79.0 Å². The third-order valence-electron chi connectivity index (χ3n) is 4.03. The zero-order chi connectivity index (χ0) is 18.6. The monoisotopic (exact) mass is 356 g/mol. The van der Waals surface area contributed by atoms with Crippen LogP contribution in [0.4, 0.5) is 11.5 Å². The first kappa shape index (κ1) is 17.0. The van der Waals surface area contributed by atoms with Crippen LogP contribution in [0.1, 0.15) is 13.8 Å². The minimum Gasteiger partial charge on any atom is -0.489 e. The third-order valence-corrected chi connectivity index (χ3v) is 4.03. The van der Waals surface area contributed by atoms with Gasteiger partial charge in [0.05, 0.1) is 6.10 Å². The number of benzene rings is 2. The Hall–Kier alpha value is -3.47. The van der Waals surface area contributed by atoms with Gasteiger partial charge in [-0.05, 0) is 38.1 Å². The minimum atomic E-state index is 0.0667. The van der Waals surface area contributed by atoms with Crippen LogP contribution in [0.5, 0.6) is 5.75 Å². The van der Waals surface area contributed by atoms with Crippen molar-refractivity contribution in [1.29, 1.82) is 0 Å². The Morgan fingerprint density at radius 2 is 1.59 bits per heavy atom. The predicted molar refractivity (Wildman–Crippen MR) is 107 cm³/mol. The SMILES string of the molecule is CC(C)Oc1ccccc1N=Nc1c(-c2ccccc2)nc2ccccn12. The molecule has 4 aromatic rings. The molecule has 0 spiro atoms. The molecule has 4 rings (SSSR count). The summed E-state index contributed by atoms with van der Waals surface area (Å²) in [6, 6.07) is 23.6. The molecule has 0 bridgehead atoms. The Kier molecular flexibility index (Phi) is 4.66. The van der Waals surface area contributed by atoms with Crippen molar-refractivity contribution >= 4 is 17.2 Å². The fraction of sp³-hybridized carbons (Fsp3) is 0.136. The van der Waals surface area contributed by atoms with Crippen LogP contribution in [-0.4, -0.2) is 15.5 Å². The number of rotatable bonds is 5. The molecule has 0 N–H and O–H groups in total. The van der Waals surface area contributed by atoms with E-state index < -0.39 is 0 Å². The maximum Gasteiger partial charge on any atom is 0.187 e. The summed E-state index contributed by atoms with van der Waals surface area (Å²) in [6.07, 6.45) is 2.01. The molecule has 5 heteroatoms. The van der Waals surface area contributed by atoms with E-state index >= 15 is 0 Å². The average molecular weight is 356 g/mol. The molecule has 0 radical (unpaired) electrons. The molecule has 0 fully saturated rings. The number of hydrogen-bond donors (Lipinski definition) is 0. The normalized spacial score (nSPS) is 11.5. The van der Waals surface area contributed by atoms with E-state index in [9.17, 15) is 0 Å². The van der Waals surface area contributed by atoms with Gasteiger partial charge in [-0.3, -0.25) is 4.40 Å². The van der Waals surface area contributed by atoms with E-state index in [-0.39, 0.29) is 6.10 Å². The fourth-order valence-electron chi connectivity index (χ4n) is 2.86. The lowest BCUT2D eigenvalue weighted by molar-refractivity contribution is 0.243. The molecule has 0 aliphatic carbocycles. The Bertz CT molecular complexity index is 1080. The first-order chi connectivity index (χ1) is 13.2. The molecule has 0 saturated carbocycles. The van der Waals surface area contributed by atoms with Crippen LogP contribution in [0, 0.1) is 0 Å². The second-order valence-corrected chi connectivity index (χ2v) is 6.41. The molecule has 2 aromatic carbocycles. The van der Waals surface area contributed by atoms with Gasteiger partial charge in [-0.15, -0.1) is 10.2 Å². The van der Waals surface area contributed by atoms with Gasteiger partial charge in [0.25, 0.3) is 0 Å². The van der Waals surface area contributed by atoms with Crippen LogP contribution < -0.4 is 4.74 Å². The summed E-state index contributed by atoms with van der Waals surface area (Å²) in [4.78, 5) is 4.74. The van der Waals surface area contributed by atoms with Crippen molar-refractivity contribution in [1.82, 2.24) is 9.38 Å². The molecule has 0 unspecified atom stereocenters. The molecule has 0 aliphatic heterocycles. The summed E-state index contributed by atoms with van der Waals surface area (Å²) in [5.41, 5.74) is 3.32. The van der Waals surface area contributed by atoms with Crippen molar-refractivity contribution < 1.29 is 4.74 Å². The van der Waals surface area contributed by atoms with Crippen LogP contribution in [-0.2, 0) is 0 Å². The van der Waals surface area contributed by atoms with Crippen LogP contribution >= 0.6 is 0 Å². The lowest BCUT2D eigenvalue weighted by Crippen LogP contribution is -2.05. The van der Waals surface area contributed by atoms with Gasteiger partial charge in [-0.25, -0.2) is 4.98 Å². The highest BCUT2D eigenvalue weighted by atomic mass is 16.5. The summed E-state index contributed by atoms with van der Waals surface area (Å²) in [6.45, 7) is 3.98. The number of hydrogen-bond acceptors (Lipinski definition) is 4. The average Bonchev–Trinajstić information content (AvgIpc) is 3.06. The highest BCUT2D eigenvalue weighted by molar-refractivity contribution is 5.74. The maximum absolute atomic E-state index is 5.84. The second-order valence-electron chi connectivity index (χ2n) is 6.41. The number of aromatic nitrogens is 2. The zero-order valence-corrected chi connectivity index (χ0v) is 15.3. The number of para-hydroxylation sites is 1. The summed E-state index contributed by atoms with van der Waals surface area (Å²) in [7, 11) is 0. The highest BCUT2D eigenvalue weighted by Gasteiger charge is 2.14. The fourth-order valence-corrected chi connectivity index (χ4v) is 2.86. The van der Waals surface area contributed by atoms with E-state index in [1.54, 1.807) is 0 Å². The van der Waals surface area contributed by atoms with E-state index in [1.807, 2.05) is 97.2 Å². The minimum absolute atomic E-state index is 0.0667. The van der Waals surface area contributed by atoms with Gasteiger partial charge < -0.3 is 4.74 Å². The van der Waals surface area contributed by atoms with Gasteiger partial charge in [0, 0.05) is 11.8 Å². The van der Waals surface area contributed by atoms with E-state index in [4.69, 9.17) is 9.72 Å². The molecule has 27 heavy (non-hydrogen) atoms. The number of ether oxygens (including phenoxy) is 1. The third kappa shape index (κ3) is 3.58. The Labute approximate surface area is 158 Å². The van der Waals surface area contributed by atoms with E-state index in [2.05, 4.69) is 10.2 Å². The van der Waals surface area contributed by atoms with Crippen molar-refractivity contribution in [3.8, 4) is 17.0 Å². The molecule has 0 aliphatic rings. The van der Waals surface area contributed by atoms with Gasteiger partial charge in [0.2, 0.25) is 0 Å². The number of fused-ring (bicyclic) bond motifs is 1. The predicted octanol–water partition coefficient (Wildman–Crippen LogP) is 6.20. The largest absolute Gasteiger partial charge is 0.489 e. The van der Waals surface area contributed by atoms with E-state index in [1.165, 1.54) is 0 Å². The lowest BCUT2D eigenvalue weighted by Gasteiger charge is -2.10. The molecule has 134 valence electrons. The Balaban J connectivity index is 1.82. The number of pyridine rings is 1. The van der Waals surface area contributed by atoms with Gasteiger partial charge >= 0.3 is 0 Å². The van der Waals surface area contributed by atoms with Crippen molar-refractivity contribution in [2.75, 3.05) is 0 Å². The van der Waals surface area contributed by atoms with Crippen molar-refractivity contribution in [2.24, 2.45) is 10.2 Å². The van der Waals surface area contributed by atoms with Crippen LogP contribution in [0.3, 0.4) is 0 Å². The van der Waals surface area contributed by atoms with Crippen LogP contribution in [0.2, 0.25) is 0 Å². The Morgan fingerprint density at radius 3 is 2.41 bits per heavy atom. The summed E-state index contributed by atoms with van der Waals surface area (Å²) in [5, 5.41) is 9.03. The number of nitrogens with zero attached hydrogens (tertiary/aromatic N) is 4. The molecule has 0 saturated heterocycles. The van der Waals surface area contributed by atoms with E-state index in [0.717, 1.165) is 16.9 Å². The van der Waals surface area contributed by atoms with Crippen LogP contribution in [0.15, 0.2) is 89.2 Å². The van der Waals surface area contributed by atoms with Gasteiger partial charge in [-0.2, -0.15) is 0 Å². The van der Waals surface area contributed by atoms with Gasteiger partial charge in [0.15, 0.2) is 5.82 Å². The topological polar surface area (TPSA) is 51.2 Å². The van der Waals surface area contributed by atoms with Gasteiger partial charge in [-0.1, -0.05) is 48.5 Å². The smallest absolute Gasteiger partial charge is 0.187 e. The summed E-state index contributed by atoms with van der Waals surface area (Å²) >= 11 is 0. The van der Waals surface area contributed by atoms with Gasteiger partial charge in [0.1, 0.15) is 22.8 Å². The molecular weight excluding hydrogens is 336 g/mol. The number of azo groups is 1. The van der Waals surface area contributed by atoms with Crippen molar-refractivity contribution in [2.45, 2.75) is 20.0 Å². The summed E-state index contributed by atoms with van der Waals surface area (Å²) < 4.78 is 7.78. The van der Waals surface area contributed by atoms with Crippen LogP contribution in [0.25, 0.3) is 16.9 Å². The lowest BCUT2D eigenvalue weighted by atomic mass is 10.1. The molecule has 2 heterocycles. The Morgan fingerprint density at radius 1 is 0.852 bits per heavy atom. The first-order valence-electron chi connectivity index (χ1n) is 8.92. The van der Waals surface area contributed by atoms with Crippen molar-refractivity contribution in [3.63, 3.8) is 0 Å². The molecule has 2 aromatic heterocycles. The highest BCUT2D eigenvalue weighted by Crippen LogP contribution is 2.34. The first-order valence-corrected chi connectivity index (χ1v) is 8.92. The summed E-state index contributed by atoms with van der Waals surface area (Å²) in [5.74, 6) is 1.41. The number of imidazole rings is 1. The molecule has 5 nitrogen and oxygen atoms in total. The standard InChI is InChI=1S/C22H20N4O/c1-16(2)27-19-13-7-6-12-18(19)24-25-22-21(17-10-4-3-5-11-17)23-20-14-8-9-15-26(20)22/h3-16H,1-2H3. The molecule has 0 amide bonds. The van der Waals surface area contributed by atoms with E-state index in [0.29, 0.717) is 17.3 Å². The zero-order valence-electron chi connectivity index (χ0n) is 15.3. The maximum atomic E-state index is 5.84. The molecule has 0 atom stereocenters.